The second-order valence-corrected chi connectivity index (χ2v) is 6.78. The molecule has 6 nitrogen and oxygen atoms in total. The number of aryl methyl sites for hydroxylation is 1. The van der Waals surface area contributed by atoms with Gasteiger partial charge in [-0.25, -0.2) is 4.98 Å². The van der Waals surface area contributed by atoms with Crippen molar-refractivity contribution in [3.05, 3.63) is 65.5 Å². The fraction of sp³-hybridized carbons (Fsp3) is 0.286. The number of benzene rings is 2. The number of carbonyl (C=O) groups is 1. The Morgan fingerprint density at radius 2 is 2.22 bits per heavy atom. The Morgan fingerprint density at radius 3 is 3.04 bits per heavy atom. The van der Waals surface area contributed by atoms with E-state index < -0.39 is 0 Å². The number of H-pyrrole nitrogens is 1. The van der Waals surface area contributed by atoms with Crippen LogP contribution in [-0.4, -0.2) is 34.7 Å². The molecule has 0 fully saturated rings. The minimum absolute atomic E-state index is 0.0722. The van der Waals surface area contributed by atoms with Gasteiger partial charge in [-0.1, -0.05) is 18.2 Å². The van der Waals surface area contributed by atoms with Crippen molar-refractivity contribution < 1.29 is 9.53 Å². The van der Waals surface area contributed by atoms with Gasteiger partial charge in [0.25, 0.3) is 5.91 Å². The number of ether oxygens (including phenoxy) is 1. The first-order valence-electron chi connectivity index (χ1n) is 9.15. The lowest BCUT2D eigenvalue weighted by atomic mass is 9.82. The Kier molecular flexibility index (Phi) is 4.87. The summed E-state index contributed by atoms with van der Waals surface area (Å²) in [6.07, 6.45) is 4.73. The highest BCUT2D eigenvalue weighted by Gasteiger charge is 2.21. The summed E-state index contributed by atoms with van der Waals surface area (Å²) in [6.45, 7) is 0.630. The van der Waals surface area contributed by atoms with Gasteiger partial charge in [-0.15, -0.1) is 0 Å². The Morgan fingerprint density at radius 1 is 1.30 bits per heavy atom. The fourth-order valence-electron chi connectivity index (χ4n) is 3.70. The van der Waals surface area contributed by atoms with Crippen molar-refractivity contribution in [2.45, 2.75) is 25.2 Å². The molecule has 1 atom stereocenters. The van der Waals surface area contributed by atoms with Crippen LogP contribution in [0.3, 0.4) is 0 Å². The molecule has 4 rings (SSSR count). The second-order valence-electron chi connectivity index (χ2n) is 6.78. The number of aromatic amines is 1. The molecule has 2 N–H and O–H groups in total. The standard InChI is InChI=1S/C21H22N4O2/c1-27-18-8-9-19-14(11-18)4-2-7-17(19)12-22-21(26)16-6-3-5-15(10-16)20-23-13-24-25-20/h3,5-6,8-11,13,17H,2,4,7,12H2,1H3,(H,22,26)(H,23,24,25). The minimum Gasteiger partial charge on any atom is -0.497 e. The maximum Gasteiger partial charge on any atom is 0.251 e. The number of hydrogen-bond acceptors (Lipinski definition) is 4. The van der Waals surface area contributed by atoms with Crippen LogP contribution in [0.1, 0.15) is 40.2 Å². The first kappa shape index (κ1) is 17.3. The highest BCUT2D eigenvalue weighted by atomic mass is 16.5. The van der Waals surface area contributed by atoms with Gasteiger partial charge in [0.15, 0.2) is 5.82 Å². The van der Waals surface area contributed by atoms with Crippen LogP contribution in [0.25, 0.3) is 11.4 Å². The molecule has 1 aliphatic carbocycles. The van der Waals surface area contributed by atoms with Crippen molar-refractivity contribution in [1.82, 2.24) is 20.5 Å². The molecular weight excluding hydrogens is 340 g/mol. The molecule has 0 saturated carbocycles. The predicted octanol–water partition coefficient (Wildman–Crippen LogP) is 3.33. The second kappa shape index (κ2) is 7.61. The van der Waals surface area contributed by atoms with E-state index >= 15 is 0 Å². The summed E-state index contributed by atoms with van der Waals surface area (Å²) in [6, 6.07) is 13.7. The van der Waals surface area contributed by atoms with Gasteiger partial charge in [0, 0.05) is 23.6 Å². The van der Waals surface area contributed by atoms with E-state index in [0.29, 0.717) is 23.9 Å². The zero-order valence-corrected chi connectivity index (χ0v) is 15.2. The number of amides is 1. The third-order valence-corrected chi connectivity index (χ3v) is 5.11. The van der Waals surface area contributed by atoms with E-state index in [-0.39, 0.29) is 5.91 Å². The quantitative estimate of drug-likeness (QED) is 0.730. The monoisotopic (exact) mass is 362 g/mol. The molecule has 1 unspecified atom stereocenters. The first-order valence-corrected chi connectivity index (χ1v) is 9.15. The number of nitrogens with zero attached hydrogens (tertiary/aromatic N) is 2. The summed E-state index contributed by atoms with van der Waals surface area (Å²) in [5.74, 6) is 1.81. The maximum absolute atomic E-state index is 12.6. The van der Waals surface area contributed by atoms with E-state index in [1.165, 1.54) is 17.5 Å². The molecular formula is C21H22N4O2. The number of carbonyl (C=O) groups excluding carboxylic acids is 1. The van der Waals surface area contributed by atoms with Gasteiger partial charge < -0.3 is 10.1 Å². The van der Waals surface area contributed by atoms with Gasteiger partial charge in [-0.2, -0.15) is 5.10 Å². The highest BCUT2D eigenvalue weighted by Crippen LogP contribution is 2.33. The molecule has 138 valence electrons. The lowest BCUT2D eigenvalue weighted by Crippen LogP contribution is -2.30. The van der Waals surface area contributed by atoms with Crippen LogP contribution in [0.15, 0.2) is 48.8 Å². The Hall–Kier alpha value is -3.15. The average Bonchev–Trinajstić information content (AvgIpc) is 3.26. The van der Waals surface area contributed by atoms with E-state index in [0.717, 1.165) is 30.6 Å². The van der Waals surface area contributed by atoms with E-state index in [1.807, 2.05) is 30.3 Å². The molecule has 6 heteroatoms. The van der Waals surface area contributed by atoms with Crippen LogP contribution in [0, 0.1) is 0 Å². The summed E-state index contributed by atoms with van der Waals surface area (Å²) >= 11 is 0. The minimum atomic E-state index is -0.0722. The van der Waals surface area contributed by atoms with Crippen LogP contribution < -0.4 is 10.1 Å². The number of methoxy groups -OCH3 is 1. The maximum atomic E-state index is 12.6. The van der Waals surface area contributed by atoms with Gasteiger partial charge in [-0.3, -0.25) is 9.89 Å². The molecule has 0 aliphatic heterocycles. The summed E-state index contributed by atoms with van der Waals surface area (Å²) in [5.41, 5.74) is 4.11. The normalized spacial score (nSPS) is 15.8. The molecule has 3 aromatic rings. The van der Waals surface area contributed by atoms with Gasteiger partial charge in [-0.05, 0) is 54.7 Å². The Labute approximate surface area is 158 Å². The number of hydrogen-bond donors (Lipinski definition) is 2. The molecule has 2 aromatic carbocycles. The number of fused-ring (bicyclic) bond motifs is 1. The van der Waals surface area contributed by atoms with Crippen LogP contribution in [0.5, 0.6) is 5.75 Å². The van der Waals surface area contributed by atoms with Crippen LogP contribution in [0.2, 0.25) is 0 Å². The topological polar surface area (TPSA) is 79.9 Å². The van der Waals surface area contributed by atoms with Gasteiger partial charge in [0.2, 0.25) is 0 Å². The fourth-order valence-corrected chi connectivity index (χ4v) is 3.70. The zero-order valence-electron chi connectivity index (χ0n) is 15.2. The van der Waals surface area contributed by atoms with Crippen molar-refractivity contribution in [2.75, 3.05) is 13.7 Å². The summed E-state index contributed by atoms with van der Waals surface area (Å²) in [4.78, 5) is 16.8. The Balaban J connectivity index is 1.45. The number of aromatic nitrogens is 3. The van der Waals surface area contributed by atoms with Crippen LogP contribution in [0.4, 0.5) is 0 Å². The molecule has 1 aliphatic rings. The van der Waals surface area contributed by atoms with Gasteiger partial charge in [0.05, 0.1) is 7.11 Å². The highest BCUT2D eigenvalue weighted by molar-refractivity contribution is 5.95. The van der Waals surface area contributed by atoms with Crippen molar-refractivity contribution in [1.29, 1.82) is 0 Å². The lowest BCUT2D eigenvalue weighted by molar-refractivity contribution is 0.0950. The van der Waals surface area contributed by atoms with E-state index in [2.05, 4.69) is 32.6 Å². The summed E-state index contributed by atoms with van der Waals surface area (Å²) in [5, 5.41) is 9.77. The largest absolute Gasteiger partial charge is 0.497 e. The third kappa shape index (κ3) is 3.69. The number of rotatable bonds is 5. The molecule has 0 saturated heterocycles. The van der Waals surface area contributed by atoms with Crippen molar-refractivity contribution in [3.8, 4) is 17.1 Å². The molecule has 1 amide bonds. The van der Waals surface area contributed by atoms with Gasteiger partial charge >= 0.3 is 0 Å². The Bertz CT molecular complexity index is 937. The molecule has 0 bridgehead atoms. The molecule has 0 spiro atoms. The van der Waals surface area contributed by atoms with E-state index in [4.69, 9.17) is 4.74 Å². The van der Waals surface area contributed by atoms with Crippen molar-refractivity contribution >= 4 is 5.91 Å². The van der Waals surface area contributed by atoms with E-state index in [9.17, 15) is 4.79 Å². The van der Waals surface area contributed by atoms with Crippen molar-refractivity contribution in [2.24, 2.45) is 0 Å². The van der Waals surface area contributed by atoms with E-state index in [1.54, 1.807) is 7.11 Å². The molecule has 27 heavy (non-hydrogen) atoms. The van der Waals surface area contributed by atoms with Crippen molar-refractivity contribution in [3.63, 3.8) is 0 Å². The first-order chi connectivity index (χ1) is 13.2. The molecule has 0 radical (unpaired) electrons. The van der Waals surface area contributed by atoms with Crippen LogP contribution >= 0.6 is 0 Å². The third-order valence-electron chi connectivity index (χ3n) is 5.11. The summed E-state index contributed by atoms with van der Waals surface area (Å²) < 4.78 is 5.33. The van der Waals surface area contributed by atoms with Gasteiger partial charge in [0.1, 0.15) is 12.1 Å². The average molecular weight is 362 g/mol. The predicted molar refractivity (Wildman–Crippen MR) is 103 cm³/mol. The zero-order chi connectivity index (χ0) is 18.6. The van der Waals surface area contributed by atoms with Crippen LogP contribution in [-0.2, 0) is 6.42 Å². The number of nitrogens with one attached hydrogen (secondary N) is 2. The molecule has 1 heterocycles. The lowest BCUT2D eigenvalue weighted by Gasteiger charge is -2.26. The SMILES string of the molecule is COc1ccc2c(c1)CCCC2CNC(=O)c1cccc(-c2ncn[nH]2)c1. The molecule has 1 aromatic heterocycles. The smallest absolute Gasteiger partial charge is 0.251 e. The summed E-state index contributed by atoms with van der Waals surface area (Å²) in [7, 11) is 1.69.